The van der Waals surface area contributed by atoms with Crippen molar-refractivity contribution in [3.63, 3.8) is 0 Å². The molecule has 9 heteroatoms. The molecule has 0 aliphatic rings. The highest BCUT2D eigenvalue weighted by molar-refractivity contribution is 5.92. The highest BCUT2D eigenvalue weighted by Gasteiger charge is 2.22. The third-order valence-corrected chi connectivity index (χ3v) is 4.17. The van der Waals surface area contributed by atoms with Gasteiger partial charge in [-0.3, -0.25) is 4.79 Å². The Morgan fingerprint density at radius 1 is 1.07 bits per heavy atom. The normalized spacial score (nSPS) is 11.4. The quantitative estimate of drug-likeness (QED) is 0.559. The molecule has 0 aliphatic carbocycles. The molecule has 0 aliphatic heterocycles. The number of hydrogen-bond acceptors (Lipinski definition) is 8. The molecular weight excluding hydrogens is 390 g/mol. The van der Waals surface area contributed by atoms with Gasteiger partial charge in [-0.1, -0.05) is 30.3 Å². The van der Waals surface area contributed by atoms with E-state index in [1.807, 2.05) is 30.3 Å². The van der Waals surface area contributed by atoms with E-state index in [9.17, 15) is 14.4 Å². The van der Waals surface area contributed by atoms with E-state index >= 15 is 0 Å². The van der Waals surface area contributed by atoms with Crippen molar-refractivity contribution in [1.82, 2.24) is 15.5 Å². The Balaban J connectivity index is 1.54. The van der Waals surface area contributed by atoms with Crippen LogP contribution in [-0.4, -0.2) is 47.8 Å². The molecule has 1 aromatic heterocycles. The Hall–Kier alpha value is -4.01. The van der Waals surface area contributed by atoms with Crippen molar-refractivity contribution in [1.29, 1.82) is 0 Å². The summed E-state index contributed by atoms with van der Waals surface area (Å²) in [4.78, 5) is 36.3. The Morgan fingerprint density at radius 2 is 1.80 bits per heavy atom. The fraction of sp³-hybridized carbons (Fsp3) is 0.190. The maximum atomic E-state index is 12.2. The third kappa shape index (κ3) is 5.51. The smallest absolute Gasteiger partial charge is 0.338 e. The van der Waals surface area contributed by atoms with Crippen molar-refractivity contribution in [2.45, 2.75) is 12.5 Å². The lowest BCUT2D eigenvalue weighted by Crippen LogP contribution is -2.44. The van der Waals surface area contributed by atoms with Crippen LogP contribution < -0.4 is 5.32 Å². The Labute approximate surface area is 172 Å². The number of rotatable bonds is 8. The molecule has 0 bridgehead atoms. The SMILES string of the molecule is COC(=O)[C@@H](Cc1ccccc1)NC(=O)COC(=O)c1ccc(-c2nnco2)cc1. The fourth-order valence-corrected chi connectivity index (χ4v) is 2.68. The van der Waals surface area contributed by atoms with E-state index < -0.39 is 30.5 Å². The van der Waals surface area contributed by atoms with Crippen molar-refractivity contribution < 1.29 is 28.3 Å². The van der Waals surface area contributed by atoms with Crippen LogP contribution in [-0.2, 0) is 25.5 Å². The largest absolute Gasteiger partial charge is 0.467 e. The molecule has 30 heavy (non-hydrogen) atoms. The molecule has 0 saturated heterocycles. The monoisotopic (exact) mass is 409 g/mol. The summed E-state index contributed by atoms with van der Waals surface area (Å²) in [7, 11) is 1.24. The molecule has 1 amide bonds. The number of benzene rings is 2. The average molecular weight is 409 g/mol. The van der Waals surface area contributed by atoms with E-state index in [0.717, 1.165) is 5.56 Å². The van der Waals surface area contributed by atoms with Crippen LogP contribution in [0.2, 0.25) is 0 Å². The Kier molecular flexibility index (Phi) is 6.88. The van der Waals surface area contributed by atoms with Crippen molar-refractivity contribution in [3.8, 4) is 11.5 Å². The van der Waals surface area contributed by atoms with Crippen molar-refractivity contribution in [3.05, 3.63) is 72.1 Å². The molecule has 3 rings (SSSR count). The number of ether oxygens (including phenoxy) is 2. The van der Waals surface area contributed by atoms with Crippen LogP contribution in [0.25, 0.3) is 11.5 Å². The summed E-state index contributed by atoms with van der Waals surface area (Å²) in [6.07, 6.45) is 1.46. The van der Waals surface area contributed by atoms with Crippen molar-refractivity contribution in [2.75, 3.05) is 13.7 Å². The van der Waals surface area contributed by atoms with Crippen LogP contribution in [0.4, 0.5) is 0 Å². The number of nitrogens with one attached hydrogen (secondary N) is 1. The van der Waals surface area contributed by atoms with Gasteiger partial charge in [-0.25, -0.2) is 9.59 Å². The summed E-state index contributed by atoms with van der Waals surface area (Å²) in [5.41, 5.74) is 1.75. The minimum Gasteiger partial charge on any atom is -0.467 e. The lowest BCUT2D eigenvalue weighted by Gasteiger charge is -2.16. The topological polar surface area (TPSA) is 121 Å². The standard InChI is InChI=1S/C21H19N3O6/c1-28-21(27)17(11-14-5-3-2-4-6-14)23-18(25)12-29-20(26)16-9-7-15(8-10-16)19-24-22-13-30-19/h2-10,13,17H,11-12H2,1H3,(H,23,25)/t17-/m1/s1. The van der Waals surface area contributed by atoms with Crippen molar-refractivity contribution >= 4 is 17.8 Å². The first-order valence-electron chi connectivity index (χ1n) is 9.01. The van der Waals surface area contributed by atoms with Crippen LogP contribution in [0.15, 0.2) is 65.4 Å². The predicted molar refractivity (Wildman–Crippen MR) is 104 cm³/mol. The summed E-state index contributed by atoms with van der Waals surface area (Å²) >= 11 is 0. The number of amides is 1. The van der Waals surface area contributed by atoms with Crippen LogP contribution >= 0.6 is 0 Å². The molecule has 1 heterocycles. The van der Waals surface area contributed by atoms with Crippen molar-refractivity contribution in [2.24, 2.45) is 0 Å². The Morgan fingerprint density at radius 3 is 2.43 bits per heavy atom. The highest BCUT2D eigenvalue weighted by Crippen LogP contribution is 2.17. The number of aromatic nitrogens is 2. The zero-order valence-electron chi connectivity index (χ0n) is 16.1. The van der Waals surface area contributed by atoms with Gasteiger partial charge in [0.05, 0.1) is 12.7 Å². The van der Waals surface area contributed by atoms with Gasteiger partial charge in [0.2, 0.25) is 12.3 Å². The fourth-order valence-electron chi connectivity index (χ4n) is 2.68. The molecule has 1 atom stereocenters. The maximum absolute atomic E-state index is 12.2. The first-order valence-corrected chi connectivity index (χ1v) is 9.01. The van der Waals surface area contributed by atoms with Gasteiger partial charge in [-0.05, 0) is 29.8 Å². The van der Waals surface area contributed by atoms with E-state index in [4.69, 9.17) is 13.9 Å². The number of carbonyl (C=O) groups is 3. The van der Waals surface area contributed by atoms with E-state index in [1.54, 1.807) is 12.1 Å². The summed E-state index contributed by atoms with van der Waals surface area (Å²) in [6, 6.07) is 14.6. The van der Waals surface area contributed by atoms with Crippen LogP contribution in [0.1, 0.15) is 15.9 Å². The number of carbonyl (C=O) groups excluding carboxylic acids is 3. The first-order chi connectivity index (χ1) is 14.6. The van der Waals surface area contributed by atoms with Gasteiger partial charge in [0.25, 0.3) is 5.91 Å². The molecule has 3 aromatic rings. The Bertz CT molecular complexity index is 987. The molecular formula is C21H19N3O6. The summed E-state index contributed by atoms with van der Waals surface area (Å²) in [5, 5.41) is 9.90. The molecule has 154 valence electrons. The second-order valence-corrected chi connectivity index (χ2v) is 6.23. The van der Waals surface area contributed by atoms with E-state index in [2.05, 4.69) is 15.5 Å². The molecule has 0 spiro atoms. The number of methoxy groups -OCH3 is 1. The molecule has 9 nitrogen and oxygen atoms in total. The van der Waals surface area contributed by atoms with Gasteiger partial charge in [-0.15, -0.1) is 10.2 Å². The number of esters is 2. The van der Waals surface area contributed by atoms with Gasteiger partial charge in [0.15, 0.2) is 6.61 Å². The van der Waals surface area contributed by atoms with Crippen LogP contribution in [0.5, 0.6) is 0 Å². The molecule has 1 N–H and O–H groups in total. The van der Waals surface area contributed by atoms with Gasteiger partial charge < -0.3 is 19.2 Å². The third-order valence-electron chi connectivity index (χ3n) is 4.17. The highest BCUT2D eigenvalue weighted by atomic mass is 16.5. The number of nitrogens with zero attached hydrogens (tertiary/aromatic N) is 2. The zero-order chi connectivity index (χ0) is 21.3. The van der Waals surface area contributed by atoms with Crippen LogP contribution in [0.3, 0.4) is 0 Å². The summed E-state index contributed by atoms with van der Waals surface area (Å²) in [6.45, 7) is -0.535. The minimum atomic E-state index is -0.891. The minimum absolute atomic E-state index is 0.250. The maximum Gasteiger partial charge on any atom is 0.338 e. The second-order valence-electron chi connectivity index (χ2n) is 6.23. The first kappa shape index (κ1) is 20.7. The second kappa shape index (κ2) is 9.97. The molecule has 2 aromatic carbocycles. The van der Waals surface area contributed by atoms with E-state index in [1.165, 1.54) is 25.6 Å². The van der Waals surface area contributed by atoms with Gasteiger partial charge >= 0.3 is 11.9 Å². The van der Waals surface area contributed by atoms with Gasteiger partial charge in [0, 0.05) is 12.0 Å². The zero-order valence-corrected chi connectivity index (χ0v) is 16.1. The van der Waals surface area contributed by atoms with E-state index in [0.29, 0.717) is 11.5 Å². The lowest BCUT2D eigenvalue weighted by atomic mass is 10.1. The molecule has 0 unspecified atom stereocenters. The predicted octanol–water partition coefficient (Wildman–Crippen LogP) is 1.79. The summed E-state index contributed by atoms with van der Waals surface area (Å²) < 4.78 is 14.9. The average Bonchev–Trinajstić information content (AvgIpc) is 3.32. The lowest BCUT2D eigenvalue weighted by molar-refractivity contribution is -0.145. The molecule has 0 saturated carbocycles. The van der Waals surface area contributed by atoms with Crippen LogP contribution in [0, 0.1) is 0 Å². The molecule has 0 fully saturated rings. The van der Waals surface area contributed by atoms with Gasteiger partial charge in [-0.2, -0.15) is 0 Å². The molecule has 0 radical (unpaired) electrons. The van der Waals surface area contributed by atoms with E-state index in [-0.39, 0.29) is 12.0 Å². The summed E-state index contributed by atoms with van der Waals surface area (Å²) in [5.74, 6) is -1.56. The van der Waals surface area contributed by atoms with Gasteiger partial charge in [0.1, 0.15) is 6.04 Å². The number of hydrogen-bond donors (Lipinski definition) is 1.